The van der Waals surface area contributed by atoms with Crippen LogP contribution in [0.3, 0.4) is 0 Å². The van der Waals surface area contributed by atoms with Crippen molar-refractivity contribution in [1.82, 2.24) is 9.88 Å². The minimum Gasteiger partial charge on any atom is -0.354 e. The number of nitrogens with one attached hydrogen (secondary N) is 1. The molecular weight excluding hydrogens is 124 g/mol. The first-order chi connectivity index (χ1) is 4.88. The Morgan fingerprint density at radius 3 is 3.30 bits per heavy atom. The molecule has 0 saturated carbocycles. The number of rotatable bonds is 0. The summed E-state index contributed by atoms with van der Waals surface area (Å²) >= 11 is 0. The lowest BCUT2D eigenvalue weighted by molar-refractivity contribution is 0.618. The van der Waals surface area contributed by atoms with E-state index in [-0.39, 0.29) is 0 Å². The molecule has 1 aliphatic rings. The van der Waals surface area contributed by atoms with Gasteiger partial charge in [0.2, 0.25) is 0 Å². The maximum atomic E-state index is 3.34. The quantitative estimate of drug-likeness (QED) is 0.554. The lowest BCUT2D eigenvalue weighted by Gasteiger charge is -2.14. The van der Waals surface area contributed by atoms with Crippen molar-refractivity contribution in [3.63, 3.8) is 0 Å². The van der Waals surface area contributed by atoms with Crippen LogP contribution in [0.2, 0.25) is 0 Å². The summed E-state index contributed by atoms with van der Waals surface area (Å²) in [5, 5.41) is 3.34. The summed E-state index contributed by atoms with van der Waals surface area (Å²) in [6.45, 7) is 2.18. The van der Waals surface area contributed by atoms with Gasteiger partial charge >= 0.3 is 0 Å². The van der Waals surface area contributed by atoms with Gasteiger partial charge in [-0.3, -0.25) is 0 Å². The lowest BCUT2D eigenvalue weighted by atomic mass is 10.1. The zero-order chi connectivity index (χ0) is 6.97. The molecule has 0 fully saturated rings. The first-order valence-electron chi connectivity index (χ1n) is 3.72. The van der Waals surface area contributed by atoms with Crippen LogP contribution in [0.5, 0.6) is 0 Å². The van der Waals surface area contributed by atoms with E-state index < -0.39 is 0 Å². The van der Waals surface area contributed by atoms with Gasteiger partial charge in [0.25, 0.3) is 0 Å². The summed E-state index contributed by atoms with van der Waals surface area (Å²) < 4.78 is 2.22. The van der Waals surface area contributed by atoms with Crippen molar-refractivity contribution in [2.75, 3.05) is 6.54 Å². The molecule has 54 valence electrons. The summed E-state index contributed by atoms with van der Waals surface area (Å²) in [6.07, 6.45) is 3.32. The van der Waals surface area contributed by atoms with Crippen LogP contribution in [0, 0.1) is 0 Å². The highest BCUT2D eigenvalue weighted by Crippen LogP contribution is 2.12. The van der Waals surface area contributed by atoms with Gasteiger partial charge in [-0.2, -0.15) is 0 Å². The van der Waals surface area contributed by atoms with Gasteiger partial charge in [-0.15, -0.1) is 0 Å². The first kappa shape index (κ1) is 5.98. The van der Waals surface area contributed by atoms with E-state index in [1.807, 2.05) is 0 Å². The van der Waals surface area contributed by atoms with Crippen LogP contribution in [-0.4, -0.2) is 11.1 Å². The molecule has 0 spiro atoms. The molecule has 10 heavy (non-hydrogen) atoms. The molecule has 0 aliphatic carbocycles. The van der Waals surface area contributed by atoms with Crippen LogP contribution in [-0.2, 0) is 20.0 Å². The Hall–Kier alpha value is -0.760. The van der Waals surface area contributed by atoms with Crippen LogP contribution in [0.15, 0.2) is 12.3 Å². The molecule has 2 nitrogen and oxygen atoms in total. The molecule has 0 saturated heterocycles. The third kappa shape index (κ3) is 0.762. The zero-order valence-corrected chi connectivity index (χ0v) is 6.22. The fraction of sp³-hybridized carbons (Fsp3) is 0.500. The molecule has 2 heteroatoms. The van der Waals surface area contributed by atoms with Gasteiger partial charge in [0.05, 0.1) is 0 Å². The summed E-state index contributed by atoms with van der Waals surface area (Å²) in [5.74, 6) is 0. The largest absolute Gasteiger partial charge is 0.354 e. The van der Waals surface area contributed by atoms with E-state index in [1.54, 1.807) is 0 Å². The molecule has 0 radical (unpaired) electrons. The second kappa shape index (κ2) is 2.13. The van der Waals surface area contributed by atoms with Crippen LogP contribution < -0.4 is 5.32 Å². The maximum Gasteiger partial charge on any atom is 0.0229 e. The highest BCUT2D eigenvalue weighted by atomic mass is 15.0. The topological polar surface area (TPSA) is 17.0 Å². The SMILES string of the molecule is Cn1ccc2c1CCNC2. The van der Waals surface area contributed by atoms with E-state index in [2.05, 4.69) is 29.2 Å². The van der Waals surface area contributed by atoms with Crippen LogP contribution in [0.4, 0.5) is 0 Å². The van der Waals surface area contributed by atoms with Gasteiger partial charge in [-0.25, -0.2) is 0 Å². The van der Waals surface area contributed by atoms with Gasteiger partial charge in [0.15, 0.2) is 0 Å². The Labute approximate surface area is 60.9 Å². The van der Waals surface area contributed by atoms with Gasteiger partial charge in [0, 0.05) is 38.4 Å². The normalized spacial score (nSPS) is 16.9. The van der Waals surface area contributed by atoms with Crippen LogP contribution >= 0.6 is 0 Å². The highest BCUT2D eigenvalue weighted by Gasteiger charge is 2.09. The molecule has 1 N–H and O–H groups in total. The summed E-state index contributed by atoms with van der Waals surface area (Å²) in [7, 11) is 2.12. The van der Waals surface area contributed by atoms with Gasteiger partial charge in [-0.1, -0.05) is 0 Å². The van der Waals surface area contributed by atoms with Crippen molar-refractivity contribution in [2.24, 2.45) is 7.05 Å². The molecule has 0 amide bonds. The Bertz CT molecular complexity index is 237. The molecule has 0 bridgehead atoms. The average molecular weight is 136 g/mol. The Kier molecular flexibility index (Phi) is 1.27. The first-order valence-corrected chi connectivity index (χ1v) is 3.72. The minimum atomic E-state index is 1.05. The number of aromatic nitrogens is 1. The zero-order valence-electron chi connectivity index (χ0n) is 6.22. The third-order valence-corrected chi connectivity index (χ3v) is 2.15. The summed E-state index contributed by atoms with van der Waals surface area (Å²) in [4.78, 5) is 0. The van der Waals surface area contributed by atoms with E-state index in [9.17, 15) is 0 Å². The van der Waals surface area contributed by atoms with Crippen LogP contribution in [0.25, 0.3) is 0 Å². The van der Waals surface area contributed by atoms with E-state index in [0.29, 0.717) is 0 Å². The van der Waals surface area contributed by atoms with Crippen molar-refractivity contribution in [2.45, 2.75) is 13.0 Å². The molecule has 1 aliphatic heterocycles. The number of aryl methyl sites for hydroxylation is 1. The van der Waals surface area contributed by atoms with E-state index in [4.69, 9.17) is 0 Å². The predicted octanol–water partition coefficient (Wildman–Crippen LogP) is 0.671. The standard InChI is InChI=1S/C8H12N2/c1-10-5-3-7-6-9-4-2-8(7)10/h3,5,9H,2,4,6H2,1H3. The minimum absolute atomic E-state index is 1.05. The Morgan fingerprint density at radius 1 is 1.60 bits per heavy atom. The van der Waals surface area contributed by atoms with E-state index in [0.717, 1.165) is 13.1 Å². The molecule has 1 aromatic heterocycles. The monoisotopic (exact) mass is 136 g/mol. The molecular formula is C8H12N2. The fourth-order valence-electron chi connectivity index (χ4n) is 1.54. The number of hydrogen-bond donors (Lipinski definition) is 1. The highest BCUT2D eigenvalue weighted by molar-refractivity contribution is 5.24. The average Bonchev–Trinajstić information content (AvgIpc) is 2.34. The summed E-state index contributed by atoms with van der Waals surface area (Å²) in [5.41, 5.74) is 2.97. The van der Waals surface area contributed by atoms with Crippen molar-refractivity contribution in [1.29, 1.82) is 0 Å². The summed E-state index contributed by atoms with van der Waals surface area (Å²) in [6, 6.07) is 2.20. The van der Waals surface area contributed by atoms with Gasteiger partial charge in [-0.05, 0) is 11.6 Å². The molecule has 0 atom stereocenters. The smallest absolute Gasteiger partial charge is 0.0229 e. The fourth-order valence-corrected chi connectivity index (χ4v) is 1.54. The van der Waals surface area contributed by atoms with E-state index >= 15 is 0 Å². The Morgan fingerprint density at radius 2 is 2.50 bits per heavy atom. The third-order valence-electron chi connectivity index (χ3n) is 2.15. The maximum absolute atomic E-state index is 3.34. The molecule has 2 heterocycles. The molecule has 0 unspecified atom stereocenters. The number of nitrogens with zero attached hydrogens (tertiary/aromatic N) is 1. The molecule has 0 aromatic carbocycles. The van der Waals surface area contributed by atoms with Crippen molar-refractivity contribution in [3.05, 3.63) is 23.5 Å². The van der Waals surface area contributed by atoms with Crippen molar-refractivity contribution in [3.8, 4) is 0 Å². The van der Waals surface area contributed by atoms with E-state index in [1.165, 1.54) is 17.7 Å². The molecule has 2 rings (SSSR count). The van der Waals surface area contributed by atoms with Crippen molar-refractivity contribution >= 4 is 0 Å². The van der Waals surface area contributed by atoms with Gasteiger partial charge in [0.1, 0.15) is 0 Å². The lowest BCUT2D eigenvalue weighted by Crippen LogP contribution is -2.23. The second-order valence-electron chi connectivity index (χ2n) is 2.83. The number of fused-ring (bicyclic) bond motifs is 1. The predicted molar refractivity (Wildman–Crippen MR) is 40.8 cm³/mol. The number of hydrogen-bond acceptors (Lipinski definition) is 1. The van der Waals surface area contributed by atoms with Crippen molar-refractivity contribution < 1.29 is 0 Å². The molecule has 1 aromatic rings. The van der Waals surface area contributed by atoms with Crippen LogP contribution in [0.1, 0.15) is 11.3 Å². The van der Waals surface area contributed by atoms with Gasteiger partial charge < -0.3 is 9.88 Å². The second-order valence-corrected chi connectivity index (χ2v) is 2.83. The Balaban J connectivity index is 2.45.